The number of halogens is 2. The van der Waals surface area contributed by atoms with Gasteiger partial charge in [0.25, 0.3) is 0 Å². The summed E-state index contributed by atoms with van der Waals surface area (Å²) in [5.41, 5.74) is 1.48. The molecule has 2 aromatic rings. The zero-order valence-corrected chi connectivity index (χ0v) is 11.7. The molecule has 0 fully saturated rings. The van der Waals surface area contributed by atoms with Crippen LogP contribution in [-0.4, -0.2) is 18.1 Å². The predicted molar refractivity (Wildman–Crippen MR) is 72.1 cm³/mol. The lowest BCUT2D eigenvalue weighted by Gasteiger charge is -2.01. The summed E-state index contributed by atoms with van der Waals surface area (Å²) in [6.45, 7) is 0. The highest BCUT2D eigenvalue weighted by Gasteiger charge is 2.10. The molecule has 0 aliphatic heterocycles. The van der Waals surface area contributed by atoms with Gasteiger partial charge in [-0.25, -0.2) is 9.37 Å². The molecule has 0 atom stereocenters. The van der Waals surface area contributed by atoms with Crippen LogP contribution in [0.5, 0.6) is 0 Å². The summed E-state index contributed by atoms with van der Waals surface area (Å²) in [5, 5.41) is 3.01. The Morgan fingerprint density at radius 1 is 1.53 bits per heavy atom. The quantitative estimate of drug-likeness (QED) is 0.814. The van der Waals surface area contributed by atoms with Gasteiger partial charge in [0, 0.05) is 16.8 Å². The number of ether oxygens (including phenoxy) is 1. The maximum Gasteiger partial charge on any atom is 0.311 e. The molecule has 1 aromatic carbocycles. The van der Waals surface area contributed by atoms with Gasteiger partial charge < -0.3 is 4.74 Å². The van der Waals surface area contributed by atoms with Gasteiger partial charge in [-0.3, -0.25) is 4.79 Å². The van der Waals surface area contributed by atoms with Crippen LogP contribution in [0.4, 0.5) is 4.39 Å². The van der Waals surface area contributed by atoms with Crippen LogP contribution in [0.1, 0.15) is 16.3 Å². The second-order valence-electron chi connectivity index (χ2n) is 3.90. The fraction of sp³-hybridized carbons (Fsp3) is 0.231. The van der Waals surface area contributed by atoms with Gasteiger partial charge in [0.15, 0.2) is 0 Å². The highest BCUT2D eigenvalue weighted by atomic mass is 35.5. The van der Waals surface area contributed by atoms with Crippen LogP contribution in [-0.2, 0) is 22.4 Å². The molecule has 6 heteroatoms. The molecule has 0 radical (unpaired) electrons. The maximum atomic E-state index is 12.9. The third kappa shape index (κ3) is 3.75. The van der Waals surface area contributed by atoms with Gasteiger partial charge in [0.2, 0.25) is 0 Å². The lowest BCUT2D eigenvalue weighted by molar-refractivity contribution is -0.139. The number of carbonyl (C=O) groups excluding carboxylic acids is 1. The first-order chi connectivity index (χ1) is 9.08. The minimum atomic E-state index is -0.362. The number of thiazole rings is 1. The molecule has 0 aliphatic rings. The first-order valence-electron chi connectivity index (χ1n) is 5.52. The van der Waals surface area contributed by atoms with Crippen molar-refractivity contribution in [2.75, 3.05) is 7.11 Å². The van der Waals surface area contributed by atoms with E-state index in [2.05, 4.69) is 9.72 Å². The lowest BCUT2D eigenvalue weighted by Crippen LogP contribution is -2.04. The molecule has 0 unspecified atom stereocenters. The Balaban J connectivity index is 2.09. The van der Waals surface area contributed by atoms with Crippen molar-refractivity contribution >= 4 is 28.9 Å². The Morgan fingerprint density at radius 3 is 3.00 bits per heavy atom. The van der Waals surface area contributed by atoms with E-state index in [1.165, 1.54) is 30.6 Å². The van der Waals surface area contributed by atoms with E-state index in [0.717, 1.165) is 10.6 Å². The molecule has 0 N–H and O–H groups in total. The van der Waals surface area contributed by atoms with Crippen molar-refractivity contribution in [3.05, 3.63) is 50.7 Å². The molecular weight excluding hydrogens is 289 g/mol. The van der Waals surface area contributed by atoms with E-state index in [1.54, 1.807) is 6.07 Å². The minimum Gasteiger partial charge on any atom is -0.469 e. The Bertz CT molecular complexity index is 600. The molecule has 2 rings (SSSR count). The van der Waals surface area contributed by atoms with Crippen LogP contribution in [0, 0.1) is 5.82 Å². The number of rotatable bonds is 4. The monoisotopic (exact) mass is 299 g/mol. The predicted octanol–water partition coefficient (Wildman–Crippen LogP) is 3.24. The number of esters is 1. The van der Waals surface area contributed by atoms with Crippen LogP contribution in [0.15, 0.2) is 23.6 Å². The third-order valence-corrected chi connectivity index (χ3v) is 3.76. The standard InChI is InChI=1S/C13H11ClFNO2S/c1-18-13(17)6-10-7-19-12(16-10)4-8-2-3-9(15)5-11(8)14/h2-3,5,7H,4,6H2,1H3. The maximum absolute atomic E-state index is 12.9. The van der Waals surface area contributed by atoms with E-state index in [4.69, 9.17) is 11.6 Å². The summed E-state index contributed by atoms with van der Waals surface area (Å²) in [4.78, 5) is 15.4. The fourth-order valence-electron chi connectivity index (χ4n) is 1.56. The van der Waals surface area contributed by atoms with Gasteiger partial charge in [0.1, 0.15) is 5.82 Å². The van der Waals surface area contributed by atoms with Crippen LogP contribution in [0.25, 0.3) is 0 Å². The van der Waals surface area contributed by atoms with Crippen LogP contribution < -0.4 is 0 Å². The highest BCUT2D eigenvalue weighted by Crippen LogP contribution is 2.22. The Labute approximate surface area is 119 Å². The Morgan fingerprint density at radius 2 is 2.32 bits per heavy atom. The first kappa shape index (κ1) is 14.0. The SMILES string of the molecule is COC(=O)Cc1csc(Cc2ccc(F)cc2Cl)n1. The van der Waals surface area contributed by atoms with Gasteiger partial charge in [-0.15, -0.1) is 11.3 Å². The minimum absolute atomic E-state index is 0.157. The number of nitrogens with zero attached hydrogens (tertiary/aromatic N) is 1. The van der Waals surface area contributed by atoms with E-state index < -0.39 is 0 Å². The average Bonchev–Trinajstić information content (AvgIpc) is 2.80. The van der Waals surface area contributed by atoms with Crippen molar-refractivity contribution in [2.45, 2.75) is 12.8 Å². The van der Waals surface area contributed by atoms with Crippen LogP contribution in [0.2, 0.25) is 5.02 Å². The molecule has 0 amide bonds. The van der Waals surface area contributed by atoms with Crippen molar-refractivity contribution < 1.29 is 13.9 Å². The summed E-state index contributed by atoms with van der Waals surface area (Å²) in [6.07, 6.45) is 0.676. The summed E-state index contributed by atoms with van der Waals surface area (Å²) >= 11 is 7.39. The molecule has 3 nitrogen and oxygen atoms in total. The summed E-state index contributed by atoms with van der Waals surface area (Å²) in [5.74, 6) is -0.684. The largest absolute Gasteiger partial charge is 0.469 e. The van der Waals surface area contributed by atoms with Crippen LogP contribution in [0.3, 0.4) is 0 Å². The van der Waals surface area contributed by atoms with Gasteiger partial charge in [0.05, 0.1) is 24.2 Å². The summed E-state index contributed by atoms with van der Waals surface area (Å²) < 4.78 is 17.5. The van der Waals surface area contributed by atoms with E-state index >= 15 is 0 Å². The van der Waals surface area contributed by atoms with Crippen molar-refractivity contribution in [1.82, 2.24) is 4.98 Å². The van der Waals surface area contributed by atoms with Crippen LogP contribution >= 0.6 is 22.9 Å². The molecule has 0 saturated heterocycles. The average molecular weight is 300 g/mol. The molecule has 1 aromatic heterocycles. The van der Waals surface area contributed by atoms with E-state index in [1.807, 2.05) is 5.38 Å². The summed E-state index contributed by atoms with van der Waals surface area (Å²) in [7, 11) is 1.34. The van der Waals surface area contributed by atoms with E-state index in [9.17, 15) is 9.18 Å². The topological polar surface area (TPSA) is 39.2 Å². The second kappa shape index (κ2) is 6.12. The number of aromatic nitrogens is 1. The van der Waals surface area contributed by atoms with E-state index in [0.29, 0.717) is 17.1 Å². The number of hydrogen-bond acceptors (Lipinski definition) is 4. The van der Waals surface area contributed by atoms with Crippen molar-refractivity contribution in [3.8, 4) is 0 Å². The zero-order valence-electron chi connectivity index (χ0n) is 10.2. The molecule has 19 heavy (non-hydrogen) atoms. The molecular formula is C13H11ClFNO2S. The molecule has 0 saturated carbocycles. The molecule has 0 aliphatic carbocycles. The van der Waals surface area contributed by atoms with Gasteiger partial charge in [-0.2, -0.15) is 0 Å². The number of methoxy groups -OCH3 is 1. The highest BCUT2D eigenvalue weighted by molar-refractivity contribution is 7.09. The van der Waals surface area contributed by atoms with Gasteiger partial charge >= 0.3 is 5.97 Å². The smallest absolute Gasteiger partial charge is 0.311 e. The van der Waals surface area contributed by atoms with E-state index in [-0.39, 0.29) is 18.2 Å². The van der Waals surface area contributed by atoms with Crippen molar-refractivity contribution in [1.29, 1.82) is 0 Å². The molecule has 100 valence electrons. The molecule has 0 bridgehead atoms. The first-order valence-corrected chi connectivity index (χ1v) is 6.78. The van der Waals surface area contributed by atoms with Crippen molar-refractivity contribution in [3.63, 3.8) is 0 Å². The third-order valence-electron chi connectivity index (χ3n) is 2.51. The van der Waals surface area contributed by atoms with Gasteiger partial charge in [-0.05, 0) is 17.7 Å². The van der Waals surface area contributed by atoms with Crippen molar-refractivity contribution in [2.24, 2.45) is 0 Å². The summed E-state index contributed by atoms with van der Waals surface area (Å²) in [6, 6.07) is 4.28. The normalized spacial score (nSPS) is 10.5. The Kier molecular flexibility index (Phi) is 4.50. The van der Waals surface area contributed by atoms with Gasteiger partial charge in [-0.1, -0.05) is 17.7 Å². The lowest BCUT2D eigenvalue weighted by atomic mass is 10.1. The molecule has 1 heterocycles. The Hall–Kier alpha value is -1.46. The number of carbonyl (C=O) groups is 1. The zero-order chi connectivity index (χ0) is 13.8. The fourth-order valence-corrected chi connectivity index (χ4v) is 2.61. The number of hydrogen-bond donors (Lipinski definition) is 0. The second-order valence-corrected chi connectivity index (χ2v) is 5.25. The number of benzene rings is 1. The molecule has 0 spiro atoms.